The maximum Gasteiger partial charge on any atom is 0.419 e. The van der Waals surface area contributed by atoms with E-state index in [2.05, 4.69) is 21.9 Å². The smallest absolute Gasteiger partial charge is 0.419 e. The number of fused-ring (bicyclic) bond motifs is 1. The lowest BCUT2D eigenvalue weighted by atomic mass is 9.85. The highest BCUT2D eigenvalue weighted by molar-refractivity contribution is 7.91. The minimum Gasteiger partial charge on any atom is -0.496 e. The number of carbonyl (C=O) groups is 3. The molecule has 2 saturated carbocycles. The number of carbonyl (C=O) groups excluding carboxylic acids is 3. The normalized spacial score (nSPS) is 22.2. The highest BCUT2D eigenvalue weighted by atomic mass is 32.2. The summed E-state index contributed by atoms with van der Waals surface area (Å²) in [7, 11) is -2.55. The Labute approximate surface area is 373 Å². The topological polar surface area (TPSA) is 169 Å². The van der Waals surface area contributed by atoms with Gasteiger partial charge in [0.1, 0.15) is 51.7 Å². The summed E-state index contributed by atoms with van der Waals surface area (Å²) in [6, 6.07) is 5.03. The molecule has 0 radical (unpaired) electrons. The number of aryl methyl sites for hydroxylation is 1. The molecule has 3 heterocycles. The number of benzene rings is 2. The van der Waals surface area contributed by atoms with Crippen molar-refractivity contribution >= 4 is 55.7 Å². The quantitative estimate of drug-likeness (QED) is 0.0836. The van der Waals surface area contributed by atoms with Gasteiger partial charge >= 0.3 is 6.18 Å². The van der Waals surface area contributed by atoms with Gasteiger partial charge in [0.05, 0.1) is 35.2 Å². The minimum atomic E-state index is -5.02. The molecule has 2 aliphatic carbocycles. The van der Waals surface area contributed by atoms with Crippen molar-refractivity contribution in [3.8, 4) is 22.2 Å². The molecule has 2 aromatic carbocycles. The van der Waals surface area contributed by atoms with Crippen molar-refractivity contribution in [1.29, 1.82) is 0 Å². The number of nitrogens with one attached hydrogen (secondary N) is 3. The SMILES string of the molecule is C=CC1CC1(NC(=O)C1CC(Oc2cc(-c3nc(C(C)C)cs3)nc3c(C)c(OC)ccc23)CN1C(=O)C(Nc1ccc(F)c(C(F)(F)F)c1)C(C)(C)C)C(=O)NS(=O)(=O)C1(C)CC1. The molecule has 0 spiro atoms. The van der Waals surface area contributed by atoms with Crippen LogP contribution in [0.3, 0.4) is 0 Å². The van der Waals surface area contributed by atoms with Gasteiger partial charge in [-0.25, -0.2) is 22.8 Å². The fourth-order valence-corrected chi connectivity index (χ4v) is 10.2. The first-order chi connectivity index (χ1) is 29.8. The zero-order valence-electron chi connectivity index (χ0n) is 36.8. The monoisotopic (exact) mass is 928 g/mol. The number of nitrogens with zero attached hydrogens (tertiary/aromatic N) is 3. The van der Waals surface area contributed by atoms with Gasteiger partial charge in [-0.3, -0.25) is 19.1 Å². The third-order valence-electron chi connectivity index (χ3n) is 12.4. The van der Waals surface area contributed by atoms with Crippen LogP contribution in [0.4, 0.5) is 23.2 Å². The minimum absolute atomic E-state index is 0.0447. The van der Waals surface area contributed by atoms with Gasteiger partial charge in [0.15, 0.2) is 0 Å². The lowest BCUT2D eigenvalue weighted by Gasteiger charge is -2.36. The van der Waals surface area contributed by atoms with Gasteiger partial charge in [0, 0.05) is 40.4 Å². The van der Waals surface area contributed by atoms with Crippen molar-refractivity contribution in [2.45, 2.75) is 115 Å². The Bertz CT molecular complexity index is 2640. The Kier molecular flexibility index (Phi) is 12.1. The first-order valence-electron chi connectivity index (χ1n) is 20.9. The van der Waals surface area contributed by atoms with Crippen LogP contribution >= 0.6 is 11.3 Å². The summed E-state index contributed by atoms with van der Waals surface area (Å²) in [5.74, 6) is -3.43. The van der Waals surface area contributed by atoms with Crippen LogP contribution in [0.5, 0.6) is 11.5 Å². The van der Waals surface area contributed by atoms with E-state index < -0.39 is 85.1 Å². The second kappa shape index (κ2) is 16.6. The van der Waals surface area contributed by atoms with Crippen molar-refractivity contribution in [3.05, 3.63) is 77.1 Å². The third kappa shape index (κ3) is 8.89. The average molecular weight is 929 g/mol. The zero-order chi connectivity index (χ0) is 46.9. The fourth-order valence-electron chi connectivity index (χ4n) is 7.96. The number of hydrogen-bond acceptors (Lipinski definition) is 11. The molecule has 19 heteroatoms. The molecular formula is C45H52F4N6O7S2. The summed E-state index contributed by atoms with van der Waals surface area (Å²) in [4.78, 5) is 54.4. The Hall–Kier alpha value is -5.30. The van der Waals surface area contributed by atoms with Crippen molar-refractivity contribution in [3.63, 3.8) is 0 Å². The van der Waals surface area contributed by atoms with Gasteiger partial charge in [0.2, 0.25) is 21.8 Å². The number of rotatable bonds is 14. The Morgan fingerprint density at radius 3 is 2.34 bits per heavy atom. The number of aromatic nitrogens is 2. The number of thiazole rings is 1. The summed E-state index contributed by atoms with van der Waals surface area (Å²) in [5.41, 5.74) is -1.73. The van der Waals surface area contributed by atoms with E-state index in [-0.39, 0.29) is 31.0 Å². The summed E-state index contributed by atoms with van der Waals surface area (Å²) < 4.78 is 95.5. The Balaban J connectivity index is 1.26. The molecule has 13 nitrogen and oxygen atoms in total. The summed E-state index contributed by atoms with van der Waals surface area (Å²) in [6.07, 6.45) is -3.79. The zero-order valence-corrected chi connectivity index (χ0v) is 38.4. The number of ether oxygens (including phenoxy) is 2. The summed E-state index contributed by atoms with van der Waals surface area (Å²) in [5, 5.41) is 8.84. The van der Waals surface area contributed by atoms with E-state index in [1.54, 1.807) is 46.1 Å². The maximum atomic E-state index is 14.9. The first-order valence-corrected chi connectivity index (χ1v) is 23.2. The first kappa shape index (κ1) is 46.7. The van der Waals surface area contributed by atoms with Crippen LogP contribution in [0, 0.1) is 24.1 Å². The van der Waals surface area contributed by atoms with Crippen LogP contribution in [-0.2, 0) is 30.6 Å². The van der Waals surface area contributed by atoms with Crippen molar-refractivity contribution in [1.82, 2.24) is 24.9 Å². The second-order valence-corrected chi connectivity index (χ2v) is 21.6. The number of methoxy groups -OCH3 is 1. The Morgan fingerprint density at radius 2 is 1.77 bits per heavy atom. The van der Waals surface area contributed by atoms with E-state index in [1.807, 2.05) is 26.2 Å². The number of pyridine rings is 1. The Morgan fingerprint density at radius 1 is 1.06 bits per heavy atom. The van der Waals surface area contributed by atoms with Crippen LogP contribution in [0.1, 0.15) is 90.0 Å². The van der Waals surface area contributed by atoms with Gasteiger partial charge in [0.25, 0.3) is 5.91 Å². The number of alkyl halides is 3. The highest BCUT2D eigenvalue weighted by Crippen LogP contribution is 2.47. The molecule has 3 amide bonds. The molecule has 5 atom stereocenters. The standard InChI is InChI=1S/C45H52F4N6O7S2/c1-10-25-20-44(25,41(58)54-64(59,60)43(8)15-16-43)53-38(56)33-18-27(21-55(33)40(57)37(42(5,6)7)50-26-11-13-30(46)29(17-26)45(47,48)49)62-35-19-31(39-52-32(22-63-39)23(2)3)51-36-24(4)34(61-9)14-12-28(35)36/h10-14,17,19,22-23,25,27,33,37,50H,1,15-16,18,20-21H2,2-9H3,(H,53,56)(H,54,58). The van der Waals surface area contributed by atoms with Gasteiger partial charge in [-0.2, -0.15) is 13.2 Å². The van der Waals surface area contributed by atoms with Crippen molar-refractivity contribution < 1.29 is 49.8 Å². The van der Waals surface area contributed by atoms with Gasteiger partial charge in [-0.1, -0.05) is 40.7 Å². The number of likely N-dealkylation sites (tertiary alicyclic amines) is 1. The molecule has 3 N–H and O–H groups in total. The molecule has 2 aromatic heterocycles. The molecule has 1 saturated heterocycles. The molecule has 3 fully saturated rings. The van der Waals surface area contributed by atoms with Crippen LogP contribution in [0.15, 0.2) is 54.4 Å². The molecule has 7 rings (SSSR count). The van der Waals surface area contributed by atoms with Crippen molar-refractivity contribution in [2.24, 2.45) is 11.3 Å². The van der Waals surface area contributed by atoms with E-state index in [1.165, 1.54) is 29.2 Å². The van der Waals surface area contributed by atoms with Crippen LogP contribution in [0.2, 0.25) is 0 Å². The van der Waals surface area contributed by atoms with Crippen molar-refractivity contribution in [2.75, 3.05) is 19.0 Å². The van der Waals surface area contributed by atoms with E-state index in [9.17, 15) is 40.4 Å². The molecule has 5 unspecified atom stereocenters. The van der Waals surface area contributed by atoms with Crippen LogP contribution < -0.4 is 24.8 Å². The number of amides is 3. The predicted octanol–water partition coefficient (Wildman–Crippen LogP) is 7.89. The molecule has 1 aliphatic heterocycles. The molecule has 64 heavy (non-hydrogen) atoms. The maximum absolute atomic E-state index is 14.9. The molecule has 0 bridgehead atoms. The number of halogens is 4. The molecule has 344 valence electrons. The number of hydrogen-bond donors (Lipinski definition) is 3. The fraction of sp³-hybridized carbons (Fsp3) is 0.489. The second-order valence-electron chi connectivity index (χ2n) is 18.5. The molecule has 3 aliphatic rings. The number of sulfonamides is 1. The average Bonchev–Trinajstić information content (AvgIpc) is 4.00. The lowest BCUT2D eigenvalue weighted by molar-refractivity contribution is -0.141. The van der Waals surface area contributed by atoms with Crippen LogP contribution in [0.25, 0.3) is 21.6 Å². The lowest BCUT2D eigenvalue weighted by Crippen LogP contribution is -2.59. The van der Waals surface area contributed by atoms with E-state index in [0.717, 1.165) is 17.3 Å². The summed E-state index contributed by atoms with van der Waals surface area (Å²) in [6.45, 7) is 16.1. The molecular weight excluding hydrogens is 877 g/mol. The predicted molar refractivity (Wildman–Crippen MR) is 235 cm³/mol. The van der Waals surface area contributed by atoms with Gasteiger partial charge in [-0.05, 0) is 74.8 Å². The van der Waals surface area contributed by atoms with Gasteiger partial charge < -0.3 is 25.0 Å². The van der Waals surface area contributed by atoms with E-state index in [4.69, 9.17) is 19.4 Å². The van der Waals surface area contributed by atoms with Gasteiger partial charge in [-0.15, -0.1) is 17.9 Å². The number of anilines is 1. The highest BCUT2D eigenvalue weighted by Gasteiger charge is 2.63. The summed E-state index contributed by atoms with van der Waals surface area (Å²) >= 11 is 1.41. The van der Waals surface area contributed by atoms with E-state index >= 15 is 0 Å². The third-order valence-corrected chi connectivity index (χ3v) is 15.5. The molecule has 4 aromatic rings. The van der Waals surface area contributed by atoms with Crippen LogP contribution in [-0.4, -0.2) is 83.1 Å². The van der Waals surface area contributed by atoms with E-state index in [0.29, 0.717) is 58.1 Å². The largest absolute Gasteiger partial charge is 0.496 e.